The number of hydrogen-bond acceptors (Lipinski definition) is 6. The molecule has 2 aromatic rings. The molecule has 3 rings (SSSR count). The highest BCUT2D eigenvalue weighted by Gasteiger charge is 2.17. The van der Waals surface area contributed by atoms with Gasteiger partial charge in [0.15, 0.2) is 11.5 Å². The minimum Gasteiger partial charge on any atom is -0.493 e. The summed E-state index contributed by atoms with van der Waals surface area (Å²) in [7, 11) is 1.62. The Morgan fingerprint density at radius 1 is 1.36 bits per heavy atom. The van der Waals surface area contributed by atoms with Crippen LogP contribution in [0.2, 0.25) is 0 Å². The molecule has 130 valence electrons. The van der Waals surface area contributed by atoms with Gasteiger partial charge in [0.05, 0.1) is 18.8 Å². The minimum absolute atomic E-state index is 0.166. The lowest BCUT2D eigenvalue weighted by molar-refractivity contribution is 0.0669. The van der Waals surface area contributed by atoms with Gasteiger partial charge in [-0.25, -0.2) is 4.98 Å². The summed E-state index contributed by atoms with van der Waals surface area (Å²) in [5.41, 5.74) is 1.53. The third-order valence-electron chi connectivity index (χ3n) is 4.06. The molecular formula is C19H21N3O3. The number of rotatable bonds is 7. The van der Waals surface area contributed by atoms with Crippen LogP contribution in [0.4, 0.5) is 5.82 Å². The van der Waals surface area contributed by atoms with Crippen LogP contribution in [-0.4, -0.2) is 31.4 Å². The van der Waals surface area contributed by atoms with E-state index in [9.17, 15) is 0 Å². The molecule has 1 atom stereocenters. The number of pyridine rings is 1. The lowest BCUT2D eigenvalue weighted by atomic mass is 10.2. The molecule has 1 N–H and O–H groups in total. The van der Waals surface area contributed by atoms with E-state index in [1.165, 1.54) is 0 Å². The molecule has 0 aliphatic carbocycles. The molecule has 0 saturated carbocycles. The Balaban J connectivity index is 1.63. The zero-order chi connectivity index (χ0) is 17.5. The molecule has 0 radical (unpaired) electrons. The predicted molar refractivity (Wildman–Crippen MR) is 93.7 cm³/mol. The van der Waals surface area contributed by atoms with Gasteiger partial charge in [-0.15, -0.1) is 0 Å². The van der Waals surface area contributed by atoms with Crippen LogP contribution < -0.4 is 14.8 Å². The van der Waals surface area contributed by atoms with Crippen LogP contribution in [0.15, 0.2) is 36.5 Å². The molecule has 1 aromatic heterocycles. The number of nitriles is 1. The predicted octanol–water partition coefficient (Wildman–Crippen LogP) is 3.13. The lowest BCUT2D eigenvalue weighted by Gasteiger charge is -2.15. The zero-order valence-corrected chi connectivity index (χ0v) is 14.2. The molecule has 0 spiro atoms. The average molecular weight is 339 g/mol. The van der Waals surface area contributed by atoms with Crippen molar-refractivity contribution in [2.75, 3.05) is 25.6 Å². The van der Waals surface area contributed by atoms with Gasteiger partial charge in [-0.05, 0) is 42.7 Å². The number of benzene rings is 1. The Bertz CT molecular complexity index is 752. The first-order chi connectivity index (χ1) is 12.3. The van der Waals surface area contributed by atoms with Crippen molar-refractivity contribution < 1.29 is 14.2 Å². The van der Waals surface area contributed by atoms with E-state index in [1.54, 1.807) is 25.4 Å². The van der Waals surface area contributed by atoms with Crippen LogP contribution >= 0.6 is 0 Å². The largest absolute Gasteiger partial charge is 0.493 e. The molecular weight excluding hydrogens is 318 g/mol. The molecule has 1 aliphatic heterocycles. The first kappa shape index (κ1) is 17.1. The number of methoxy groups -OCH3 is 1. The topological polar surface area (TPSA) is 76.4 Å². The molecule has 6 heteroatoms. The minimum atomic E-state index is 0.166. The molecule has 0 amide bonds. The van der Waals surface area contributed by atoms with Crippen LogP contribution in [0, 0.1) is 11.3 Å². The molecule has 1 fully saturated rings. The highest BCUT2D eigenvalue weighted by Crippen LogP contribution is 2.29. The summed E-state index contributed by atoms with van der Waals surface area (Å²) >= 11 is 0. The molecule has 1 unspecified atom stereocenters. The Morgan fingerprint density at radius 3 is 3.04 bits per heavy atom. The average Bonchev–Trinajstić information content (AvgIpc) is 3.18. The van der Waals surface area contributed by atoms with Crippen molar-refractivity contribution >= 4 is 5.82 Å². The molecule has 25 heavy (non-hydrogen) atoms. The van der Waals surface area contributed by atoms with Crippen molar-refractivity contribution in [3.8, 4) is 17.6 Å². The van der Waals surface area contributed by atoms with Gasteiger partial charge < -0.3 is 19.5 Å². The summed E-state index contributed by atoms with van der Waals surface area (Å²) in [6, 6.07) is 11.4. The molecule has 0 bridgehead atoms. The summed E-state index contributed by atoms with van der Waals surface area (Å²) < 4.78 is 16.8. The fourth-order valence-corrected chi connectivity index (χ4v) is 2.72. The number of aromatic nitrogens is 1. The van der Waals surface area contributed by atoms with Crippen molar-refractivity contribution in [1.29, 1.82) is 5.26 Å². The SMILES string of the molecule is COc1cc(CNc2ncccc2C#N)ccc1OCC1CCCO1. The first-order valence-electron chi connectivity index (χ1n) is 8.30. The molecule has 6 nitrogen and oxygen atoms in total. The van der Waals surface area contributed by atoms with E-state index in [-0.39, 0.29) is 6.10 Å². The Kier molecular flexibility index (Phi) is 5.70. The summed E-state index contributed by atoms with van der Waals surface area (Å²) in [4.78, 5) is 4.19. The van der Waals surface area contributed by atoms with Gasteiger partial charge >= 0.3 is 0 Å². The molecule has 1 saturated heterocycles. The van der Waals surface area contributed by atoms with Crippen molar-refractivity contribution in [2.24, 2.45) is 0 Å². The molecule has 1 aliphatic rings. The normalized spacial score (nSPS) is 16.2. The van der Waals surface area contributed by atoms with Crippen LogP contribution in [0.25, 0.3) is 0 Å². The van der Waals surface area contributed by atoms with E-state index < -0.39 is 0 Å². The second-order valence-corrected chi connectivity index (χ2v) is 5.80. The van der Waals surface area contributed by atoms with Gasteiger partial charge in [0, 0.05) is 19.3 Å². The number of nitrogens with one attached hydrogen (secondary N) is 1. The summed E-state index contributed by atoms with van der Waals surface area (Å²) in [6.07, 6.45) is 3.95. The Morgan fingerprint density at radius 2 is 2.28 bits per heavy atom. The monoisotopic (exact) mass is 339 g/mol. The van der Waals surface area contributed by atoms with Crippen molar-refractivity contribution in [1.82, 2.24) is 4.98 Å². The summed E-state index contributed by atoms with van der Waals surface area (Å²) in [5, 5.41) is 12.3. The molecule has 2 heterocycles. The highest BCUT2D eigenvalue weighted by molar-refractivity contribution is 5.52. The van der Waals surface area contributed by atoms with E-state index >= 15 is 0 Å². The first-order valence-corrected chi connectivity index (χ1v) is 8.30. The highest BCUT2D eigenvalue weighted by atomic mass is 16.5. The van der Waals surface area contributed by atoms with Crippen molar-refractivity contribution in [3.63, 3.8) is 0 Å². The van der Waals surface area contributed by atoms with Gasteiger partial charge in [0.25, 0.3) is 0 Å². The van der Waals surface area contributed by atoms with Gasteiger partial charge in [-0.2, -0.15) is 5.26 Å². The van der Waals surface area contributed by atoms with Crippen molar-refractivity contribution in [3.05, 3.63) is 47.7 Å². The number of nitrogens with zero attached hydrogens (tertiary/aromatic N) is 2. The second-order valence-electron chi connectivity index (χ2n) is 5.80. The van der Waals surface area contributed by atoms with Crippen molar-refractivity contribution in [2.45, 2.75) is 25.5 Å². The quantitative estimate of drug-likeness (QED) is 0.835. The van der Waals surface area contributed by atoms with Gasteiger partial charge in [-0.1, -0.05) is 6.07 Å². The maximum absolute atomic E-state index is 9.11. The third kappa shape index (κ3) is 4.40. The fourth-order valence-electron chi connectivity index (χ4n) is 2.72. The van der Waals surface area contributed by atoms with E-state index in [0.29, 0.717) is 36.0 Å². The maximum atomic E-state index is 9.11. The lowest BCUT2D eigenvalue weighted by Crippen LogP contribution is -2.16. The second kappa shape index (κ2) is 8.36. The maximum Gasteiger partial charge on any atom is 0.161 e. The van der Waals surface area contributed by atoms with E-state index in [2.05, 4.69) is 16.4 Å². The smallest absolute Gasteiger partial charge is 0.161 e. The van der Waals surface area contributed by atoms with Crippen LogP contribution in [0.3, 0.4) is 0 Å². The Hall–Kier alpha value is -2.78. The van der Waals surface area contributed by atoms with Crippen LogP contribution in [0.5, 0.6) is 11.5 Å². The van der Waals surface area contributed by atoms with Gasteiger partial charge in [0.1, 0.15) is 18.5 Å². The fraction of sp³-hybridized carbons (Fsp3) is 0.368. The van der Waals surface area contributed by atoms with Gasteiger partial charge in [-0.3, -0.25) is 0 Å². The van der Waals surface area contributed by atoms with E-state index in [4.69, 9.17) is 19.5 Å². The van der Waals surface area contributed by atoms with Crippen LogP contribution in [0.1, 0.15) is 24.0 Å². The number of ether oxygens (including phenoxy) is 3. The van der Waals surface area contributed by atoms with Gasteiger partial charge in [0.2, 0.25) is 0 Å². The number of hydrogen-bond donors (Lipinski definition) is 1. The number of anilines is 1. The standard InChI is InChI=1S/C19H21N3O3/c1-23-18-10-14(12-22-19-15(11-20)4-2-8-21-19)6-7-17(18)25-13-16-5-3-9-24-16/h2,4,6-8,10,16H,3,5,9,12-13H2,1H3,(H,21,22). The molecule has 1 aromatic carbocycles. The summed E-state index contributed by atoms with van der Waals surface area (Å²) in [6.45, 7) is 1.88. The van der Waals surface area contributed by atoms with Crippen LogP contribution in [-0.2, 0) is 11.3 Å². The Labute approximate surface area is 147 Å². The third-order valence-corrected chi connectivity index (χ3v) is 4.06. The van der Waals surface area contributed by atoms with E-state index in [1.807, 2.05) is 18.2 Å². The zero-order valence-electron chi connectivity index (χ0n) is 14.2. The summed E-state index contributed by atoms with van der Waals surface area (Å²) in [5.74, 6) is 1.96. The van der Waals surface area contributed by atoms with E-state index in [0.717, 1.165) is 25.0 Å².